The number of carbonyl (C=O) groups is 1. The quantitative estimate of drug-likeness (QED) is 0.652. The van der Waals surface area contributed by atoms with Crippen LogP contribution in [0.2, 0.25) is 0 Å². The van der Waals surface area contributed by atoms with E-state index in [1.807, 2.05) is 0 Å². The summed E-state index contributed by atoms with van der Waals surface area (Å²) in [4.78, 5) is 11.9. The van der Waals surface area contributed by atoms with Crippen LogP contribution in [-0.4, -0.2) is 32.9 Å². The fraction of sp³-hybridized carbons (Fsp3) is 0.385. The molecule has 104 valence electrons. The van der Waals surface area contributed by atoms with Crippen molar-refractivity contribution >= 4 is 11.6 Å². The molecule has 0 aliphatic carbocycles. The molecule has 0 spiro atoms. The van der Waals surface area contributed by atoms with Crippen molar-refractivity contribution in [2.45, 2.75) is 13.8 Å². The van der Waals surface area contributed by atoms with Crippen molar-refractivity contribution in [2.75, 3.05) is 21.3 Å². The normalized spacial score (nSPS) is 9.53. The molecule has 1 N–H and O–H groups in total. The first-order valence-electron chi connectivity index (χ1n) is 5.64. The van der Waals surface area contributed by atoms with Crippen molar-refractivity contribution in [3.63, 3.8) is 0 Å². The summed E-state index contributed by atoms with van der Waals surface area (Å²) >= 11 is 0. The van der Waals surface area contributed by atoms with Gasteiger partial charge in [0.25, 0.3) is 5.91 Å². The minimum atomic E-state index is -0.347. The number of nitrogens with one attached hydrogen (secondary N) is 1. The van der Waals surface area contributed by atoms with Gasteiger partial charge in [0.1, 0.15) is 0 Å². The van der Waals surface area contributed by atoms with Gasteiger partial charge in [-0.05, 0) is 26.0 Å². The Morgan fingerprint density at radius 1 is 1.05 bits per heavy atom. The topological polar surface area (TPSA) is 69.2 Å². The molecule has 0 unspecified atom stereocenters. The number of hydrazone groups is 1. The molecule has 0 atom stereocenters. The van der Waals surface area contributed by atoms with Crippen LogP contribution in [0, 0.1) is 0 Å². The average molecular weight is 266 g/mol. The van der Waals surface area contributed by atoms with Crippen molar-refractivity contribution in [3.05, 3.63) is 17.7 Å². The molecule has 6 heteroatoms. The van der Waals surface area contributed by atoms with Crippen LogP contribution < -0.4 is 19.6 Å². The molecular formula is C13H18N2O4. The monoisotopic (exact) mass is 266 g/mol. The van der Waals surface area contributed by atoms with Crippen LogP contribution in [0.25, 0.3) is 0 Å². The Bertz CT molecular complexity index is 468. The smallest absolute Gasteiger partial charge is 0.271 e. The Morgan fingerprint density at radius 3 is 1.95 bits per heavy atom. The molecule has 0 aromatic heterocycles. The first kappa shape index (κ1) is 14.8. The molecule has 0 aliphatic rings. The van der Waals surface area contributed by atoms with Crippen molar-refractivity contribution < 1.29 is 19.0 Å². The molecule has 0 bridgehead atoms. The second-order valence-electron chi connectivity index (χ2n) is 3.91. The van der Waals surface area contributed by atoms with E-state index in [4.69, 9.17) is 14.2 Å². The van der Waals surface area contributed by atoms with Crippen LogP contribution in [-0.2, 0) is 0 Å². The van der Waals surface area contributed by atoms with Crippen molar-refractivity contribution in [1.29, 1.82) is 0 Å². The van der Waals surface area contributed by atoms with Gasteiger partial charge in [-0.2, -0.15) is 5.10 Å². The van der Waals surface area contributed by atoms with Gasteiger partial charge in [-0.15, -0.1) is 0 Å². The number of nitrogens with zero attached hydrogens (tertiary/aromatic N) is 1. The number of rotatable bonds is 5. The minimum Gasteiger partial charge on any atom is -0.493 e. The Kier molecular flexibility index (Phi) is 5.17. The van der Waals surface area contributed by atoms with E-state index in [1.54, 1.807) is 26.0 Å². The van der Waals surface area contributed by atoms with Crippen LogP contribution >= 0.6 is 0 Å². The minimum absolute atomic E-state index is 0.347. The Labute approximate surface area is 112 Å². The zero-order valence-electron chi connectivity index (χ0n) is 11.7. The van der Waals surface area contributed by atoms with Gasteiger partial charge in [-0.25, -0.2) is 5.43 Å². The molecule has 0 heterocycles. The molecule has 1 aromatic rings. The molecule has 6 nitrogen and oxygen atoms in total. The van der Waals surface area contributed by atoms with Crippen LogP contribution in [0.5, 0.6) is 17.2 Å². The van der Waals surface area contributed by atoms with E-state index in [0.29, 0.717) is 22.8 Å². The predicted molar refractivity (Wildman–Crippen MR) is 72.3 cm³/mol. The van der Waals surface area contributed by atoms with E-state index in [9.17, 15) is 4.79 Å². The maximum Gasteiger partial charge on any atom is 0.271 e. The third-order valence-electron chi connectivity index (χ3n) is 2.31. The summed E-state index contributed by atoms with van der Waals surface area (Å²) in [6.45, 7) is 3.57. The summed E-state index contributed by atoms with van der Waals surface area (Å²) in [5, 5.41) is 3.86. The molecule has 1 amide bonds. The molecule has 0 radical (unpaired) electrons. The number of hydrogen-bond acceptors (Lipinski definition) is 5. The Balaban J connectivity index is 3.15. The van der Waals surface area contributed by atoms with Gasteiger partial charge in [0.15, 0.2) is 11.5 Å². The molecule has 1 rings (SSSR count). The second kappa shape index (κ2) is 6.63. The summed E-state index contributed by atoms with van der Waals surface area (Å²) in [7, 11) is 4.49. The number of amides is 1. The second-order valence-corrected chi connectivity index (χ2v) is 3.91. The van der Waals surface area contributed by atoms with Gasteiger partial charge in [-0.1, -0.05) is 0 Å². The fourth-order valence-corrected chi connectivity index (χ4v) is 1.44. The molecule has 1 aromatic carbocycles. The van der Waals surface area contributed by atoms with Crippen LogP contribution in [0.3, 0.4) is 0 Å². The summed E-state index contributed by atoms with van der Waals surface area (Å²) in [6, 6.07) is 3.13. The standard InChI is InChI=1S/C13H18N2O4/c1-8(2)14-15-13(16)9-6-10(17-3)12(19-5)11(7-9)18-4/h6-7H,1-5H3,(H,15,16). The number of methoxy groups -OCH3 is 3. The summed E-state index contributed by atoms with van der Waals surface area (Å²) in [5.41, 5.74) is 3.56. The van der Waals surface area contributed by atoms with Crippen molar-refractivity contribution in [2.24, 2.45) is 5.10 Å². The average Bonchev–Trinajstić information content (AvgIpc) is 2.42. The molecule has 0 aliphatic heterocycles. The van der Waals surface area contributed by atoms with E-state index in [-0.39, 0.29) is 5.91 Å². The molecule has 19 heavy (non-hydrogen) atoms. The Morgan fingerprint density at radius 2 is 1.58 bits per heavy atom. The first-order valence-corrected chi connectivity index (χ1v) is 5.64. The number of hydrogen-bond donors (Lipinski definition) is 1. The number of benzene rings is 1. The van der Waals surface area contributed by atoms with Crippen LogP contribution in [0.4, 0.5) is 0 Å². The third kappa shape index (κ3) is 3.61. The first-order chi connectivity index (χ1) is 9.03. The highest BCUT2D eigenvalue weighted by Crippen LogP contribution is 2.38. The van der Waals surface area contributed by atoms with E-state index < -0.39 is 0 Å². The number of carbonyl (C=O) groups excluding carboxylic acids is 1. The van der Waals surface area contributed by atoms with Gasteiger partial charge >= 0.3 is 0 Å². The van der Waals surface area contributed by atoms with Crippen molar-refractivity contribution in [1.82, 2.24) is 5.43 Å². The lowest BCUT2D eigenvalue weighted by atomic mass is 10.1. The lowest BCUT2D eigenvalue weighted by Gasteiger charge is -2.13. The highest BCUT2D eigenvalue weighted by atomic mass is 16.5. The van der Waals surface area contributed by atoms with E-state index in [0.717, 1.165) is 5.71 Å². The summed E-state index contributed by atoms with van der Waals surface area (Å²) in [5.74, 6) is 0.936. The van der Waals surface area contributed by atoms with Gasteiger partial charge in [0, 0.05) is 11.3 Å². The van der Waals surface area contributed by atoms with E-state index in [2.05, 4.69) is 10.5 Å². The molecular weight excluding hydrogens is 248 g/mol. The number of ether oxygens (including phenoxy) is 3. The van der Waals surface area contributed by atoms with Gasteiger partial charge in [0.2, 0.25) is 5.75 Å². The molecule has 0 saturated carbocycles. The van der Waals surface area contributed by atoms with E-state index in [1.165, 1.54) is 21.3 Å². The van der Waals surface area contributed by atoms with Crippen LogP contribution in [0.1, 0.15) is 24.2 Å². The van der Waals surface area contributed by atoms with Crippen molar-refractivity contribution in [3.8, 4) is 17.2 Å². The fourth-order valence-electron chi connectivity index (χ4n) is 1.44. The predicted octanol–water partition coefficient (Wildman–Crippen LogP) is 1.84. The van der Waals surface area contributed by atoms with Gasteiger partial charge < -0.3 is 14.2 Å². The zero-order valence-corrected chi connectivity index (χ0v) is 11.7. The third-order valence-corrected chi connectivity index (χ3v) is 2.31. The van der Waals surface area contributed by atoms with E-state index >= 15 is 0 Å². The Hall–Kier alpha value is -2.24. The molecule has 0 saturated heterocycles. The highest BCUT2D eigenvalue weighted by Gasteiger charge is 2.16. The lowest BCUT2D eigenvalue weighted by Crippen LogP contribution is -2.18. The SMILES string of the molecule is COc1cc(C(=O)NN=C(C)C)cc(OC)c1OC. The van der Waals surface area contributed by atoms with Crippen LogP contribution in [0.15, 0.2) is 17.2 Å². The van der Waals surface area contributed by atoms with Gasteiger partial charge in [-0.3, -0.25) is 4.79 Å². The lowest BCUT2D eigenvalue weighted by molar-refractivity contribution is 0.0954. The largest absolute Gasteiger partial charge is 0.493 e. The summed E-state index contributed by atoms with van der Waals surface area (Å²) < 4.78 is 15.5. The zero-order chi connectivity index (χ0) is 14.4. The van der Waals surface area contributed by atoms with Gasteiger partial charge in [0.05, 0.1) is 21.3 Å². The summed E-state index contributed by atoms with van der Waals surface area (Å²) in [6.07, 6.45) is 0. The highest BCUT2D eigenvalue weighted by molar-refractivity contribution is 5.96. The molecule has 0 fully saturated rings. The maximum absolute atomic E-state index is 11.9. The maximum atomic E-state index is 11.9.